The van der Waals surface area contributed by atoms with E-state index in [1.165, 1.54) is 49.7 Å². The Bertz CT molecular complexity index is 434. The zero-order valence-corrected chi connectivity index (χ0v) is 12.9. The van der Waals surface area contributed by atoms with Gasteiger partial charge in [0.25, 0.3) is 0 Å². The van der Waals surface area contributed by atoms with Crippen molar-refractivity contribution in [2.45, 2.75) is 63.8 Å². The summed E-state index contributed by atoms with van der Waals surface area (Å²) in [5.74, 6) is 5.93. The highest BCUT2D eigenvalue weighted by Crippen LogP contribution is 2.33. The lowest BCUT2D eigenvalue weighted by Crippen LogP contribution is -2.49. The van der Waals surface area contributed by atoms with E-state index < -0.39 is 0 Å². The summed E-state index contributed by atoms with van der Waals surface area (Å²) in [5, 5.41) is 0. The number of hydrogen-bond acceptors (Lipinski definition) is 2. The first-order valence-corrected chi connectivity index (χ1v) is 7.87. The zero-order chi connectivity index (χ0) is 14.4. The van der Waals surface area contributed by atoms with Crippen LogP contribution in [0.1, 0.15) is 57.9 Å². The molecule has 1 aliphatic rings. The van der Waals surface area contributed by atoms with Gasteiger partial charge in [0.2, 0.25) is 0 Å². The molecule has 1 atom stereocenters. The van der Waals surface area contributed by atoms with E-state index >= 15 is 0 Å². The van der Waals surface area contributed by atoms with Crippen LogP contribution in [0, 0.1) is 0 Å². The van der Waals surface area contributed by atoms with E-state index in [-0.39, 0.29) is 11.5 Å². The molecule has 0 heterocycles. The summed E-state index contributed by atoms with van der Waals surface area (Å²) in [6.45, 7) is 4.57. The van der Waals surface area contributed by atoms with Gasteiger partial charge >= 0.3 is 0 Å². The van der Waals surface area contributed by atoms with Crippen molar-refractivity contribution >= 4 is 0 Å². The molecule has 0 aromatic heterocycles. The highest BCUT2D eigenvalue weighted by atomic mass is 15.2. The molecule has 110 valence electrons. The Labute approximate surface area is 123 Å². The van der Waals surface area contributed by atoms with Crippen LogP contribution in [0.5, 0.6) is 0 Å². The van der Waals surface area contributed by atoms with Gasteiger partial charge in [-0.3, -0.25) is 11.3 Å². The molecule has 3 N–H and O–H groups in total. The summed E-state index contributed by atoms with van der Waals surface area (Å²) in [5.41, 5.74) is 5.92. The van der Waals surface area contributed by atoms with Crippen LogP contribution in [-0.2, 0) is 5.41 Å². The van der Waals surface area contributed by atoms with E-state index in [1.54, 1.807) is 0 Å². The van der Waals surface area contributed by atoms with E-state index in [2.05, 4.69) is 55.7 Å². The van der Waals surface area contributed by atoms with Crippen molar-refractivity contribution in [1.29, 1.82) is 0 Å². The van der Waals surface area contributed by atoms with Crippen LogP contribution in [0.4, 0.5) is 0 Å². The van der Waals surface area contributed by atoms with Gasteiger partial charge in [-0.05, 0) is 31.2 Å². The smallest absolute Gasteiger partial charge is 0.0511 e. The Kier molecular flexibility index (Phi) is 5.38. The highest BCUT2D eigenvalue weighted by molar-refractivity contribution is 5.31. The third-order valence-electron chi connectivity index (χ3n) is 4.60. The number of benzene rings is 1. The largest absolute Gasteiger partial charge is 0.271 e. The molecule has 2 rings (SSSR count). The number of nitrogens with one attached hydrogen (secondary N) is 1. The lowest BCUT2D eigenvalue weighted by Gasteiger charge is -2.37. The van der Waals surface area contributed by atoms with Gasteiger partial charge in [-0.15, -0.1) is 0 Å². The summed E-state index contributed by atoms with van der Waals surface area (Å²) in [4.78, 5) is 0. The minimum atomic E-state index is 0.00103. The zero-order valence-electron chi connectivity index (χ0n) is 12.9. The van der Waals surface area contributed by atoms with Crippen LogP contribution in [0.2, 0.25) is 0 Å². The Morgan fingerprint density at radius 1 is 1.05 bits per heavy atom. The molecule has 0 amide bonds. The van der Waals surface area contributed by atoms with Crippen LogP contribution in [0.3, 0.4) is 0 Å². The molecule has 1 aliphatic carbocycles. The van der Waals surface area contributed by atoms with Crippen LogP contribution < -0.4 is 11.3 Å². The molecule has 2 heteroatoms. The fourth-order valence-corrected chi connectivity index (χ4v) is 3.29. The highest BCUT2D eigenvalue weighted by Gasteiger charge is 2.32. The van der Waals surface area contributed by atoms with Gasteiger partial charge in [-0.1, -0.05) is 68.7 Å². The van der Waals surface area contributed by atoms with E-state index in [0.29, 0.717) is 0 Å². The van der Waals surface area contributed by atoms with Gasteiger partial charge in [0.05, 0.1) is 6.04 Å². The van der Waals surface area contributed by atoms with Crippen molar-refractivity contribution in [2.75, 3.05) is 0 Å². The Morgan fingerprint density at radius 3 is 2.45 bits per heavy atom. The van der Waals surface area contributed by atoms with Crippen molar-refractivity contribution < 1.29 is 0 Å². The molecule has 0 aliphatic heterocycles. The first-order chi connectivity index (χ1) is 9.66. The standard InChI is InChI=1S/C18H28N2/c1-18(2,16-13-9-6-10-14-16)17(20-19)15-11-7-4-3-5-8-12-15/h6,9-11,13-14,17,20H,3-5,7-8,12,19H2,1-2H3/b15-11+. The van der Waals surface area contributed by atoms with Crippen LogP contribution in [0.25, 0.3) is 0 Å². The monoisotopic (exact) mass is 272 g/mol. The van der Waals surface area contributed by atoms with Gasteiger partial charge in [0.15, 0.2) is 0 Å². The molecular formula is C18H28N2. The van der Waals surface area contributed by atoms with Crippen molar-refractivity contribution in [3.8, 4) is 0 Å². The van der Waals surface area contributed by atoms with Gasteiger partial charge in [0.1, 0.15) is 0 Å². The molecule has 0 saturated carbocycles. The average Bonchev–Trinajstić information content (AvgIpc) is 2.42. The number of hydrazine groups is 1. The Morgan fingerprint density at radius 2 is 1.75 bits per heavy atom. The van der Waals surface area contributed by atoms with Crippen LogP contribution in [-0.4, -0.2) is 6.04 Å². The molecule has 0 bridgehead atoms. The van der Waals surface area contributed by atoms with Crippen LogP contribution in [0.15, 0.2) is 42.0 Å². The maximum Gasteiger partial charge on any atom is 0.0511 e. The van der Waals surface area contributed by atoms with Gasteiger partial charge < -0.3 is 0 Å². The summed E-state index contributed by atoms with van der Waals surface area (Å²) in [7, 11) is 0. The van der Waals surface area contributed by atoms with Crippen molar-refractivity contribution in [1.82, 2.24) is 5.43 Å². The molecule has 20 heavy (non-hydrogen) atoms. The fraction of sp³-hybridized carbons (Fsp3) is 0.556. The summed E-state index contributed by atoms with van der Waals surface area (Å²) in [6, 6.07) is 10.9. The minimum absolute atomic E-state index is 0.00103. The fourth-order valence-electron chi connectivity index (χ4n) is 3.29. The van der Waals surface area contributed by atoms with Crippen LogP contribution >= 0.6 is 0 Å². The van der Waals surface area contributed by atoms with Gasteiger partial charge in [-0.25, -0.2) is 0 Å². The second kappa shape index (κ2) is 7.05. The van der Waals surface area contributed by atoms with E-state index in [0.717, 1.165) is 0 Å². The predicted octanol–water partition coefficient (Wildman–Crippen LogP) is 4.08. The van der Waals surface area contributed by atoms with Crippen molar-refractivity contribution in [3.05, 3.63) is 47.5 Å². The summed E-state index contributed by atoms with van der Waals surface area (Å²) >= 11 is 0. The van der Waals surface area contributed by atoms with Crippen molar-refractivity contribution in [3.63, 3.8) is 0 Å². The number of nitrogens with two attached hydrogens (primary N) is 1. The molecular weight excluding hydrogens is 244 g/mol. The third-order valence-corrected chi connectivity index (χ3v) is 4.60. The molecule has 0 fully saturated rings. The third kappa shape index (κ3) is 3.50. The molecule has 0 saturated heterocycles. The molecule has 1 unspecified atom stereocenters. The van der Waals surface area contributed by atoms with Crippen molar-refractivity contribution in [2.24, 2.45) is 5.84 Å². The molecule has 2 nitrogen and oxygen atoms in total. The maximum absolute atomic E-state index is 5.93. The average molecular weight is 272 g/mol. The number of hydrogen-bond donors (Lipinski definition) is 2. The first-order valence-electron chi connectivity index (χ1n) is 7.87. The maximum atomic E-state index is 5.93. The first kappa shape index (κ1) is 15.3. The number of allylic oxidation sites excluding steroid dienone is 1. The van der Waals surface area contributed by atoms with E-state index in [1.807, 2.05) is 0 Å². The molecule has 1 aromatic carbocycles. The molecule has 0 spiro atoms. The predicted molar refractivity (Wildman–Crippen MR) is 86.4 cm³/mol. The Balaban J connectivity index is 2.25. The van der Waals surface area contributed by atoms with E-state index in [9.17, 15) is 0 Å². The molecule has 0 radical (unpaired) electrons. The quantitative estimate of drug-likeness (QED) is 0.492. The second-order valence-corrected chi connectivity index (χ2v) is 6.42. The Hall–Kier alpha value is -1.12. The molecule has 1 aromatic rings. The minimum Gasteiger partial charge on any atom is -0.271 e. The lowest BCUT2D eigenvalue weighted by atomic mass is 9.73. The topological polar surface area (TPSA) is 38.0 Å². The lowest BCUT2D eigenvalue weighted by molar-refractivity contribution is 0.372. The number of rotatable bonds is 4. The van der Waals surface area contributed by atoms with E-state index in [4.69, 9.17) is 5.84 Å². The van der Waals surface area contributed by atoms with Gasteiger partial charge in [-0.2, -0.15) is 0 Å². The van der Waals surface area contributed by atoms with Gasteiger partial charge in [0, 0.05) is 5.41 Å². The summed E-state index contributed by atoms with van der Waals surface area (Å²) in [6.07, 6.45) is 10.1. The normalized spacial score (nSPS) is 21.4. The SMILES string of the molecule is CC(C)(c1ccccc1)C(NN)/C1=C/CCCCCC1. The second-order valence-electron chi connectivity index (χ2n) is 6.42. The summed E-state index contributed by atoms with van der Waals surface area (Å²) < 4.78 is 0.